The van der Waals surface area contributed by atoms with Gasteiger partial charge in [-0.3, -0.25) is 4.79 Å². The zero-order valence-corrected chi connectivity index (χ0v) is 23.5. The molecule has 43 heavy (non-hydrogen) atoms. The van der Waals surface area contributed by atoms with E-state index in [-0.39, 0.29) is 27.9 Å². The Morgan fingerprint density at radius 2 is 1.44 bits per heavy atom. The maximum atomic E-state index is 13.3. The molecule has 0 saturated carbocycles. The number of hydrogen-bond donors (Lipinski definition) is 6. The molecular formula is C29H34O14. The van der Waals surface area contributed by atoms with Gasteiger partial charge in [0.25, 0.3) is 0 Å². The molecule has 3 heterocycles. The lowest BCUT2D eigenvalue weighted by Crippen LogP contribution is -2.61. The topological polar surface area (TPSA) is 207 Å². The van der Waals surface area contributed by atoms with Crippen molar-refractivity contribution in [1.82, 2.24) is 0 Å². The first-order chi connectivity index (χ1) is 20.5. The maximum Gasteiger partial charge on any atom is 0.229 e. The molecule has 10 atom stereocenters. The Kier molecular flexibility index (Phi) is 9.22. The number of benzene rings is 2. The van der Waals surface area contributed by atoms with E-state index < -0.39 is 68.0 Å². The standard InChI is InChI=1S/C29H34O14/c1-12-19(30)22(33)24(35)28(41-12)40-11-18-21(32)23(34)25(36)29(43-18)42-17-9-8-15-20(31)16(10-39-26(15)27(17)38-3)13-4-6-14(37-2)7-5-13/h4-10,12,18-19,21-25,28-30,32-36H,11H2,1-3H3/t12-,18+,19+,21-,22-,23+,24-,25-,28-,29-/m1/s1. The highest BCUT2D eigenvalue weighted by molar-refractivity contribution is 5.88. The smallest absolute Gasteiger partial charge is 0.229 e. The van der Waals surface area contributed by atoms with Crippen LogP contribution in [0.25, 0.3) is 22.1 Å². The third-order valence-electron chi connectivity index (χ3n) is 7.61. The Morgan fingerprint density at radius 1 is 0.767 bits per heavy atom. The van der Waals surface area contributed by atoms with Crippen LogP contribution in [0, 0.1) is 0 Å². The SMILES string of the molecule is COc1ccc(-c2coc3c(OC)c(O[C@@H]4O[C@@H](CO[C@@H]5O[C@H](C)[C@H](O)[C@@H](O)[C@H]5O)[C@@H](O)[C@H](O)[C@H]4O)ccc3c2=O)cc1. The van der Waals surface area contributed by atoms with Gasteiger partial charge in [0.1, 0.15) is 54.7 Å². The minimum absolute atomic E-state index is 0.000346. The molecule has 14 nitrogen and oxygen atoms in total. The first-order valence-electron chi connectivity index (χ1n) is 13.5. The maximum absolute atomic E-state index is 13.3. The fourth-order valence-electron chi connectivity index (χ4n) is 5.03. The van der Waals surface area contributed by atoms with Crippen molar-refractivity contribution in [2.45, 2.75) is 68.3 Å². The summed E-state index contributed by atoms with van der Waals surface area (Å²) in [5, 5.41) is 61.9. The first-order valence-corrected chi connectivity index (χ1v) is 13.5. The third-order valence-corrected chi connectivity index (χ3v) is 7.61. The fourth-order valence-corrected chi connectivity index (χ4v) is 5.03. The van der Waals surface area contributed by atoms with Crippen LogP contribution in [0.15, 0.2) is 51.9 Å². The number of methoxy groups -OCH3 is 2. The van der Waals surface area contributed by atoms with E-state index in [1.165, 1.54) is 39.5 Å². The van der Waals surface area contributed by atoms with Crippen LogP contribution in [0.3, 0.4) is 0 Å². The van der Waals surface area contributed by atoms with Gasteiger partial charge in [-0.15, -0.1) is 0 Å². The number of fused-ring (bicyclic) bond motifs is 1. The highest BCUT2D eigenvalue weighted by Gasteiger charge is 2.47. The molecule has 14 heteroatoms. The van der Waals surface area contributed by atoms with Gasteiger partial charge in [0.2, 0.25) is 17.5 Å². The Labute approximate surface area is 245 Å². The molecule has 234 valence electrons. The van der Waals surface area contributed by atoms with E-state index in [1.54, 1.807) is 24.3 Å². The minimum atomic E-state index is -1.73. The molecule has 0 bridgehead atoms. The van der Waals surface area contributed by atoms with Gasteiger partial charge in [-0.25, -0.2) is 0 Å². The average Bonchev–Trinajstić information content (AvgIpc) is 3.02. The Morgan fingerprint density at radius 3 is 2.12 bits per heavy atom. The second-order valence-electron chi connectivity index (χ2n) is 10.3. The van der Waals surface area contributed by atoms with Gasteiger partial charge in [-0.2, -0.15) is 0 Å². The van der Waals surface area contributed by atoms with Crippen molar-refractivity contribution in [3.63, 3.8) is 0 Å². The van der Waals surface area contributed by atoms with Crippen molar-refractivity contribution in [2.75, 3.05) is 20.8 Å². The summed E-state index contributed by atoms with van der Waals surface area (Å²) in [6.07, 6.45) is -13.3. The first kappa shape index (κ1) is 31.1. The number of ether oxygens (including phenoxy) is 6. The molecule has 2 aliphatic rings. The van der Waals surface area contributed by atoms with E-state index in [9.17, 15) is 35.4 Å². The molecular weight excluding hydrogens is 572 g/mol. The second-order valence-corrected chi connectivity index (χ2v) is 10.3. The molecule has 0 radical (unpaired) electrons. The third kappa shape index (κ3) is 5.93. The lowest BCUT2D eigenvalue weighted by Gasteiger charge is -2.42. The monoisotopic (exact) mass is 606 g/mol. The van der Waals surface area contributed by atoms with Crippen molar-refractivity contribution in [1.29, 1.82) is 0 Å². The largest absolute Gasteiger partial charge is 0.497 e. The average molecular weight is 607 g/mol. The molecule has 3 aromatic rings. The molecule has 6 N–H and O–H groups in total. The van der Waals surface area contributed by atoms with Crippen molar-refractivity contribution >= 4 is 11.0 Å². The van der Waals surface area contributed by atoms with Crippen LogP contribution in [-0.4, -0.2) is 113 Å². The predicted octanol–water partition coefficient (Wildman–Crippen LogP) is -0.492. The van der Waals surface area contributed by atoms with E-state index in [0.717, 1.165) is 0 Å². The summed E-state index contributed by atoms with van der Waals surface area (Å²) < 4.78 is 38.8. The van der Waals surface area contributed by atoms with Crippen LogP contribution >= 0.6 is 0 Å². The molecule has 0 amide bonds. The lowest BCUT2D eigenvalue weighted by molar-refractivity contribution is -0.318. The summed E-state index contributed by atoms with van der Waals surface area (Å²) in [6.45, 7) is 1.02. The van der Waals surface area contributed by atoms with Crippen molar-refractivity contribution in [3.8, 4) is 28.4 Å². The Balaban J connectivity index is 1.36. The van der Waals surface area contributed by atoms with Crippen LogP contribution in [-0.2, 0) is 14.2 Å². The molecule has 0 aliphatic carbocycles. The normalized spacial score (nSPS) is 32.9. The molecule has 0 unspecified atom stereocenters. The summed E-state index contributed by atoms with van der Waals surface area (Å²) >= 11 is 0. The van der Waals surface area contributed by atoms with E-state index in [1.807, 2.05) is 0 Å². The fraction of sp³-hybridized carbons (Fsp3) is 0.483. The minimum Gasteiger partial charge on any atom is -0.497 e. The predicted molar refractivity (Wildman–Crippen MR) is 147 cm³/mol. The van der Waals surface area contributed by atoms with Crippen molar-refractivity contribution in [3.05, 3.63) is 52.9 Å². The molecule has 1 aromatic heterocycles. The van der Waals surface area contributed by atoms with Gasteiger partial charge in [0, 0.05) is 0 Å². The number of aliphatic hydroxyl groups is 6. The van der Waals surface area contributed by atoms with Crippen LogP contribution in [0.5, 0.6) is 17.2 Å². The van der Waals surface area contributed by atoms with Crippen LogP contribution < -0.4 is 19.6 Å². The van der Waals surface area contributed by atoms with Gasteiger partial charge in [0.05, 0.1) is 37.9 Å². The van der Waals surface area contributed by atoms with Crippen molar-refractivity contribution in [2.24, 2.45) is 0 Å². The van der Waals surface area contributed by atoms with Crippen LogP contribution in [0.4, 0.5) is 0 Å². The molecule has 5 rings (SSSR count). The molecule has 2 saturated heterocycles. The summed E-state index contributed by atoms with van der Waals surface area (Å²) in [5.74, 6) is 0.643. The summed E-state index contributed by atoms with van der Waals surface area (Å²) in [5.41, 5.74) is 0.647. The van der Waals surface area contributed by atoms with E-state index in [0.29, 0.717) is 16.9 Å². The number of rotatable bonds is 8. The highest BCUT2D eigenvalue weighted by atomic mass is 16.7. The van der Waals surface area contributed by atoms with Gasteiger partial charge in [-0.05, 0) is 36.8 Å². The molecule has 0 spiro atoms. The molecule has 2 aliphatic heterocycles. The highest BCUT2D eigenvalue weighted by Crippen LogP contribution is 2.37. The van der Waals surface area contributed by atoms with Crippen LogP contribution in [0.1, 0.15) is 6.92 Å². The lowest BCUT2D eigenvalue weighted by atomic mass is 9.98. The molecule has 2 fully saturated rings. The van der Waals surface area contributed by atoms with E-state index in [2.05, 4.69) is 0 Å². The Bertz CT molecular complexity index is 1460. The molecule has 2 aromatic carbocycles. The second kappa shape index (κ2) is 12.7. The van der Waals surface area contributed by atoms with E-state index >= 15 is 0 Å². The summed E-state index contributed by atoms with van der Waals surface area (Å²) in [4.78, 5) is 13.3. The summed E-state index contributed by atoms with van der Waals surface area (Å²) in [7, 11) is 2.87. The Hall–Kier alpha value is -3.31. The zero-order chi connectivity index (χ0) is 31.0. The van der Waals surface area contributed by atoms with Gasteiger partial charge in [0.15, 0.2) is 17.6 Å². The quantitative estimate of drug-likeness (QED) is 0.191. The van der Waals surface area contributed by atoms with Gasteiger partial charge >= 0.3 is 0 Å². The van der Waals surface area contributed by atoms with Gasteiger partial charge < -0.3 is 63.5 Å². The van der Waals surface area contributed by atoms with Gasteiger partial charge in [-0.1, -0.05) is 12.1 Å². The summed E-state index contributed by atoms with van der Waals surface area (Å²) in [6, 6.07) is 9.74. The number of hydrogen-bond acceptors (Lipinski definition) is 14. The van der Waals surface area contributed by atoms with Crippen LogP contribution in [0.2, 0.25) is 0 Å². The van der Waals surface area contributed by atoms with E-state index in [4.69, 9.17) is 32.8 Å². The zero-order valence-electron chi connectivity index (χ0n) is 23.5. The van der Waals surface area contributed by atoms with Crippen molar-refractivity contribution < 1.29 is 63.5 Å². The number of aliphatic hydroxyl groups excluding tert-OH is 6.